The molecule has 2 bridgehead atoms. The fourth-order valence-electron chi connectivity index (χ4n) is 6.10. The highest BCUT2D eigenvalue weighted by atomic mass is 16.1. The third-order valence-electron chi connectivity index (χ3n) is 7.80. The molecule has 6 rings (SSSR count). The first kappa shape index (κ1) is 19.6. The van der Waals surface area contributed by atoms with Gasteiger partial charge in [-0.15, -0.1) is 0 Å². The Kier molecular flexibility index (Phi) is 5.28. The fourth-order valence-corrected chi connectivity index (χ4v) is 6.10. The summed E-state index contributed by atoms with van der Waals surface area (Å²) < 4.78 is 0. The van der Waals surface area contributed by atoms with Crippen LogP contribution in [0, 0.1) is 5.92 Å². The Morgan fingerprint density at radius 1 is 1.00 bits per heavy atom. The van der Waals surface area contributed by atoms with Crippen LogP contribution in [0.1, 0.15) is 60.5 Å². The van der Waals surface area contributed by atoms with Crippen molar-refractivity contribution in [3.63, 3.8) is 0 Å². The molecular formula is C26H33N3O. The number of benzene rings is 2. The molecule has 0 unspecified atom stereocenters. The minimum Gasteiger partial charge on any atom is -0.371 e. The zero-order valence-electron chi connectivity index (χ0n) is 18.0. The van der Waals surface area contributed by atoms with Gasteiger partial charge in [-0.3, -0.25) is 9.69 Å². The Morgan fingerprint density at radius 2 is 1.67 bits per heavy atom. The summed E-state index contributed by atoms with van der Waals surface area (Å²) in [5.41, 5.74) is 3.12. The maximum atomic E-state index is 13.7. The molecule has 1 N–H and O–H groups in total. The van der Waals surface area contributed by atoms with Gasteiger partial charge in [-0.2, -0.15) is 0 Å². The number of hydrogen-bond donors (Lipinski definition) is 1. The summed E-state index contributed by atoms with van der Waals surface area (Å²) in [6.45, 7) is 3.23. The molecule has 4 heteroatoms. The Bertz CT molecular complexity index is 882. The second kappa shape index (κ2) is 8.07. The minimum atomic E-state index is 0.00378. The molecule has 158 valence electrons. The van der Waals surface area contributed by atoms with Crippen molar-refractivity contribution >= 4 is 11.6 Å². The van der Waals surface area contributed by atoms with E-state index in [4.69, 9.17) is 0 Å². The molecule has 4 fully saturated rings. The zero-order chi connectivity index (χ0) is 20.6. The van der Waals surface area contributed by atoms with Crippen LogP contribution in [0.5, 0.6) is 0 Å². The molecule has 3 aliphatic heterocycles. The lowest BCUT2D eigenvalue weighted by Gasteiger charge is -2.57. The summed E-state index contributed by atoms with van der Waals surface area (Å²) in [5.74, 6) is 0.877. The van der Waals surface area contributed by atoms with Gasteiger partial charge in [0.2, 0.25) is 0 Å². The van der Waals surface area contributed by atoms with Crippen molar-refractivity contribution in [2.75, 3.05) is 31.6 Å². The van der Waals surface area contributed by atoms with Gasteiger partial charge >= 0.3 is 0 Å². The maximum absolute atomic E-state index is 13.7. The van der Waals surface area contributed by atoms with Crippen molar-refractivity contribution in [3.05, 3.63) is 65.7 Å². The predicted molar refractivity (Wildman–Crippen MR) is 122 cm³/mol. The van der Waals surface area contributed by atoms with Crippen LogP contribution in [0.4, 0.5) is 5.69 Å². The van der Waals surface area contributed by atoms with E-state index in [2.05, 4.69) is 58.6 Å². The van der Waals surface area contributed by atoms with Crippen molar-refractivity contribution < 1.29 is 4.79 Å². The van der Waals surface area contributed by atoms with Gasteiger partial charge in [0.1, 0.15) is 0 Å². The van der Waals surface area contributed by atoms with Gasteiger partial charge in [-0.05, 0) is 69.2 Å². The second-order valence-electron chi connectivity index (χ2n) is 9.46. The summed E-state index contributed by atoms with van der Waals surface area (Å²) in [4.78, 5) is 18.6. The Labute approximate surface area is 180 Å². The quantitative estimate of drug-likeness (QED) is 0.790. The highest BCUT2D eigenvalue weighted by Gasteiger charge is 2.50. The van der Waals surface area contributed by atoms with Crippen LogP contribution in [-0.4, -0.2) is 43.0 Å². The molecule has 1 amide bonds. The molecule has 4 nitrogen and oxygen atoms in total. The SMILES string of the molecule is CN1CC2CCC1([C@H](NC(=O)c1ccccc1N1CCCC1)c1ccccc1)CC2. The second-order valence-corrected chi connectivity index (χ2v) is 9.46. The van der Waals surface area contributed by atoms with Gasteiger partial charge in [-0.1, -0.05) is 42.5 Å². The van der Waals surface area contributed by atoms with Gasteiger partial charge in [-0.25, -0.2) is 0 Å². The first-order valence-corrected chi connectivity index (χ1v) is 11.6. The van der Waals surface area contributed by atoms with Crippen molar-refractivity contribution in [2.45, 2.75) is 50.1 Å². The minimum absolute atomic E-state index is 0.00378. The molecule has 4 aliphatic rings. The van der Waals surface area contributed by atoms with E-state index in [-0.39, 0.29) is 17.5 Å². The number of anilines is 1. The van der Waals surface area contributed by atoms with E-state index in [0.29, 0.717) is 0 Å². The molecule has 3 heterocycles. The number of hydrogen-bond acceptors (Lipinski definition) is 3. The van der Waals surface area contributed by atoms with Crippen molar-refractivity contribution in [1.82, 2.24) is 10.2 Å². The zero-order valence-corrected chi connectivity index (χ0v) is 18.0. The summed E-state index contributed by atoms with van der Waals surface area (Å²) in [6, 6.07) is 18.7. The number of nitrogens with one attached hydrogen (secondary N) is 1. The summed E-state index contributed by atoms with van der Waals surface area (Å²) in [5, 5.41) is 3.52. The smallest absolute Gasteiger partial charge is 0.253 e. The molecule has 2 aromatic rings. The molecule has 30 heavy (non-hydrogen) atoms. The molecule has 2 aromatic carbocycles. The van der Waals surface area contributed by atoms with Gasteiger partial charge in [0, 0.05) is 30.9 Å². The van der Waals surface area contributed by atoms with E-state index in [1.54, 1.807) is 0 Å². The van der Waals surface area contributed by atoms with Crippen LogP contribution < -0.4 is 10.2 Å². The predicted octanol–water partition coefficient (Wildman–Crippen LogP) is 4.63. The van der Waals surface area contributed by atoms with Crippen LogP contribution in [0.3, 0.4) is 0 Å². The number of rotatable bonds is 5. The Hall–Kier alpha value is -2.33. The number of likely N-dealkylation sites (N-methyl/N-ethyl adjacent to an activating group) is 1. The first-order valence-electron chi connectivity index (χ1n) is 11.6. The monoisotopic (exact) mass is 403 g/mol. The Morgan fingerprint density at radius 3 is 2.37 bits per heavy atom. The van der Waals surface area contributed by atoms with E-state index >= 15 is 0 Å². The van der Waals surface area contributed by atoms with E-state index in [9.17, 15) is 4.79 Å². The summed E-state index contributed by atoms with van der Waals surface area (Å²) >= 11 is 0. The van der Waals surface area contributed by atoms with Crippen LogP contribution in [0.25, 0.3) is 0 Å². The molecule has 0 spiro atoms. The Balaban J connectivity index is 1.49. The van der Waals surface area contributed by atoms with Crippen LogP contribution >= 0.6 is 0 Å². The average Bonchev–Trinajstić information content (AvgIpc) is 3.33. The van der Waals surface area contributed by atoms with Crippen molar-refractivity contribution in [3.8, 4) is 0 Å². The normalized spacial score (nSPS) is 27.2. The molecule has 0 aromatic heterocycles. The largest absolute Gasteiger partial charge is 0.371 e. The average molecular weight is 404 g/mol. The fraction of sp³-hybridized carbons (Fsp3) is 0.500. The molecule has 1 saturated carbocycles. The van der Waals surface area contributed by atoms with Gasteiger partial charge in [0.25, 0.3) is 5.91 Å². The topological polar surface area (TPSA) is 35.6 Å². The third-order valence-corrected chi connectivity index (χ3v) is 7.80. The maximum Gasteiger partial charge on any atom is 0.253 e. The molecular weight excluding hydrogens is 370 g/mol. The number of piperidine rings is 2. The van der Waals surface area contributed by atoms with E-state index in [1.807, 2.05) is 18.2 Å². The molecule has 3 saturated heterocycles. The highest BCUT2D eigenvalue weighted by molar-refractivity contribution is 6.00. The van der Waals surface area contributed by atoms with Crippen molar-refractivity contribution in [2.24, 2.45) is 5.92 Å². The standard InChI is InChI=1S/C26H33N3O/c1-28-19-20-13-15-26(28,16-14-20)24(21-9-3-2-4-10-21)27-25(30)22-11-5-6-12-23(22)29-17-7-8-18-29/h2-6,9-12,20,24H,7-8,13-19H2,1H3,(H,27,30)/t20?,24-,26?/m1/s1. The van der Waals surface area contributed by atoms with Gasteiger partial charge < -0.3 is 10.2 Å². The lowest BCUT2D eigenvalue weighted by Crippen LogP contribution is -2.62. The highest BCUT2D eigenvalue weighted by Crippen LogP contribution is 2.49. The summed E-state index contributed by atoms with van der Waals surface area (Å²) in [7, 11) is 2.26. The molecule has 1 atom stereocenters. The number of nitrogens with zero attached hydrogens (tertiary/aromatic N) is 2. The lowest BCUT2D eigenvalue weighted by molar-refractivity contribution is -0.0404. The molecule has 0 radical (unpaired) electrons. The van der Waals surface area contributed by atoms with Gasteiger partial charge in [0.15, 0.2) is 0 Å². The number of para-hydroxylation sites is 1. The molecule has 1 aliphatic carbocycles. The van der Waals surface area contributed by atoms with Crippen molar-refractivity contribution in [1.29, 1.82) is 0 Å². The number of fused-ring (bicyclic) bond motifs is 3. The van der Waals surface area contributed by atoms with E-state index in [0.717, 1.165) is 49.6 Å². The van der Waals surface area contributed by atoms with E-state index in [1.165, 1.54) is 31.2 Å². The summed E-state index contributed by atoms with van der Waals surface area (Å²) in [6.07, 6.45) is 7.26. The van der Waals surface area contributed by atoms with Crippen LogP contribution in [-0.2, 0) is 0 Å². The lowest BCUT2D eigenvalue weighted by atomic mass is 9.66. The van der Waals surface area contributed by atoms with Gasteiger partial charge in [0.05, 0.1) is 11.6 Å². The number of carbonyl (C=O) groups is 1. The number of amides is 1. The van der Waals surface area contributed by atoms with Crippen LogP contribution in [0.2, 0.25) is 0 Å². The first-order chi connectivity index (χ1) is 14.7. The van der Waals surface area contributed by atoms with Crippen LogP contribution in [0.15, 0.2) is 54.6 Å². The number of carbonyl (C=O) groups excluding carboxylic acids is 1. The van der Waals surface area contributed by atoms with E-state index < -0.39 is 0 Å². The third kappa shape index (κ3) is 3.41.